The molecule has 5 nitrogen and oxygen atoms in total. The maximum Gasteiger partial charge on any atom is 0.339 e. The van der Waals surface area contributed by atoms with Crippen molar-refractivity contribution in [1.82, 2.24) is 0 Å². The second-order valence-corrected chi connectivity index (χ2v) is 8.12. The molecule has 1 heterocycles. The molecule has 0 spiro atoms. The zero-order valence-electron chi connectivity index (χ0n) is 16.0. The highest BCUT2D eigenvalue weighted by Gasteiger charge is 2.29. The van der Waals surface area contributed by atoms with Crippen molar-refractivity contribution in [2.45, 2.75) is 58.3 Å². The summed E-state index contributed by atoms with van der Waals surface area (Å²) in [4.78, 5) is 25.2. The molecule has 0 aliphatic heterocycles. The number of quaternary nitrogens is 1. The van der Waals surface area contributed by atoms with Gasteiger partial charge < -0.3 is 14.9 Å². The highest BCUT2D eigenvalue weighted by Crippen LogP contribution is 2.36. The molecule has 2 aromatic rings. The van der Waals surface area contributed by atoms with Gasteiger partial charge in [-0.3, -0.25) is 4.79 Å². The predicted octanol–water partition coefficient (Wildman–Crippen LogP) is 2.93. The van der Waals surface area contributed by atoms with Crippen molar-refractivity contribution < 1.29 is 19.7 Å². The minimum atomic E-state index is -0.244. The lowest BCUT2D eigenvalue weighted by Crippen LogP contribution is -2.54. The number of aryl methyl sites for hydroxylation is 2. The van der Waals surface area contributed by atoms with E-state index in [2.05, 4.69) is 5.73 Å². The average molecular weight is 370 g/mol. The van der Waals surface area contributed by atoms with Crippen LogP contribution in [0.15, 0.2) is 21.3 Å². The quantitative estimate of drug-likeness (QED) is 0.511. The van der Waals surface area contributed by atoms with Crippen LogP contribution in [0, 0.1) is 18.8 Å². The highest BCUT2D eigenvalue weighted by molar-refractivity contribution is 5.91. The van der Waals surface area contributed by atoms with E-state index in [0.29, 0.717) is 17.3 Å². The number of esters is 1. The molecule has 5 heteroatoms. The second-order valence-electron chi connectivity index (χ2n) is 8.12. The van der Waals surface area contributed by atoms with Gasteiger partial charge in [0.05, 0.1) is 17.8 Å². The molecule has 27 heavy (non-hydrogen) atoms. The fourth-order valence-corrected chi connectivity index (χ4v) is 4.63. The van der Waals surface area contributed by atoms with Crippen molar-refractivity contribution in [3.63, 3.8) is 0 Å². The lowest BCUT2D eigenvalue weighted by molar-refractivity contribution is -0.380. The van der Waals surface area contributed by atoms with Gasteiger partial charge in [0, 0.05) is 11.5 Å². The summed E-state index contributed by atoms with van der Waals surface area (Å²) in [5.41, 5.74) is 6.96. The molecule has 1 aromatic heterocycles. The summed E-state index contributed by atoms with van der Waals surface area (Å²) in [5, 5.41) is 0.815. The molecule has 0 amide bonds. The molecule has 0 unspecified atom stereocenters. The summed E-state index contributed by atoms with van der Waals surface area (Å²) < 4.78 is 11.5. The van der Waals surface area contributed by atoms with Gasteiger partial charge in [0.2, 0.25) is 0 Å². The zero-order valence-corrected chi connectivity index (χ0v) is 16.0. The number of carbonyl (C=O) groups excluding carboxylic acids is 1. The van der Waals surface area contributed by atoms with Crippen molar-refractivity contribution in [1.29, 1.82) is 0 Å². The fraction of sp³-hybridized carbons (Fsp3) is 0.545. The Labute approximate surface area is 158 Å². The van der Waals surface area contributed by atoms with E-state index < -0.39 is 0 Å². The van der Waals surface area contributed by atoms with Gasteiger partial charge in [-0.05, 0) is 81.5 Å². The molecule has 1 aromatic carbocycles. The van der Waals surface area contributed by atoms with Gasteiger partial charge in [-0.25, -0.2) is 4.79 Å². The van der Waals surface area contributed by atoms with Crippen LogP contribution in [-0.2, 0) is 17.6 Å². The van der Waals surface area contributed by atoms with Crippen LogP contribution in [0.2, 0.25) is 0 Å². The van der Waals surface area contributed by atoms with Crippen molar-refractivity contribution in [2.24, 2.45) is 11.8 Å². The first-order valence-corrected chi connectivity index (χ1v) is 10.2. The molecule has 0 atom stereocenters. The van der Waals surface area contributed by atoms with Gasteiger partial charge in [-0.2, -0.15) is 0 Å². The minimum Gasteiger partial charge on any atom is -0.426 e. The number of rotatable bonds is 3. The standard InChI is InChI=1S/C22H27NO4/c1-13-10-18(26-21(24)15-8-6-14(12-23)7-9-15)20-16-4-2-3-5-17(16)22(25)27-19(20)11-13/h10-11,14-15H,2-9,12,23H2,1H3/p+1. The van der Waals surface area contributed by atoms with E-state index in [1.807, 2.05) is 19.1 Å². The van der Waals surface area contributed by atoms with Crippen molar-refractivity contribution in [2.75, 3.05) is 6.54 Å². The topological polar surface area (TPSA) is 84.1 Å². The molecular weight excluding hydrogens is 342 g/mol. The van der Waals surface area contributed by atoms with Gasteiger partial charge in [0.25, 0.3) is 0 Å². The SMILES string of the molecule is Cc1cc(OC(=O)C2CCC(C[NH3+])CC2)c2c3c(c(=O)oc2c1)CCCC3. The van der Waals surface area contributed by atoms with Crippen LogP contribution >= 0.6 is 0 Å². The molecule has 4 rings (SSSR count). The third kappa shape index (κ3) is 3.53. The molecule has 2 aliphatic rings. The van der Waals surface area contributed by atoms with Gasteiger partial charge >= 0.3 is 11.6 Å². The van der Waals surface area contributed by atoms with Crippen LogP contribution in [0.5, 0.6) is 5.75 Å². The monoisotopic (exact) mass is 370 g/mol. The highest BCUT2D eigenvalue weighted by atomic mass is 16.5. The van der Waals surface area contributed by atoms with E-state index >= 15 is 0 Å². The summed E-state index contributed by atoms with van der Waals surface area (Å²) in [6.07, 6.45) is 7.45. The fourth-order valence-electron chi connectivity index (χ4n) is 4.63. The van der Waals surface area contributed by atoms with Crippen molar-refractivity contribution in [3.8, 4) is 5.75 Å². The Morgan fingerprint density at radius 1 is 1.15 bits per heavy atom. The summed E-state index contributed by atoms with van der Waals surface area (Å²) in [6.45, 7) is 2.87. The first kappa shape index (κ1) is 18.2. The summed E-state index contributed by atoms with van der Waals surface area (Å²) in [7, 11) is 0. The number of fused-ring (bicyclic) bond motifs is 3. The Morgan fingerprint density at radius 3 is 2.56 bits per heavy atom. The average Bonchev–Trinajstić information content (AvgIpc) is 2.67. The van der Waals surface area contributed by atoms with E-state index in [1.54, 1.807) is 0 Å². The Bertz CT molecular complexity index is 922. The number of hydrogen-bond donors (Lipinski definition) is 1. The van der Waals surface area contributed by atoms with E-state index in [1.165, 1.54) is 0 Å². The number of hydrogen-bond acceptors (Lipinski definition) is 4. The molecule has 1 fully saturated rings. The van der Waals surface area contributed by atoms with Gasteiger partial charge in [-0.15, -0.1) is 0 Å². The minimum absolute atomic E-state index is 0.0464. The normalized spacial score (nSPS) is 22.4. The molecule has 0 saturated heterocycles. The van der Waals surface area contributed by atoms with Crippen LogP contribution < -0.4 is 16.1 Å². The van der Waals surface area contributed by atoms with E-state index in [9.17, 15) is 9.59 Å². The van der Waals surface area contributed by atoms with Crippen molar-refractivity contribution in [3.05, 3.63) is 39.2 Å². The summed E-state index contributed by atoms with van der Waals surface area (Å²) in [6, 6.07) is 3.76. The largest absolute Gasteiger partial charge is 0.426 e. The summed E-state index contributed by atoms with van der Waals surface area (Å²) >= 11 is 0. The van der Waals surface area contributed by atoms with Crippen LogP contribution in [0.25, 0.3) is 11.0 Å². The van der Waals surface area contributed by atoms with Crippen LogP contribution in [0.3, 0.4) is 0 Å². The number of ether oxygens (including phenoxy) is 1. The molecule has 2 aliphatic carbocycles. The lowest BCUT2D eigenvalue weighted by Gasteiger charge is -2.25. The third-order valence-corrected chi connectivity index (χ3v) is 6.23. The number of benzene rings is 1. The molecule has 144 valence electrons. The van der Waals surface area contributed by atoms with Crippen LogP contribution in [0.1, 0.15) is 55.2 Å². The van der Waals surface area contributed by atoms with Gasteiger partial charge in [-0.1, -0.05) is 0 Å². The molecule has 0 bridgehead atoms. The van der Waals surface area contributed by atoms with Crippen molar-refractivity contribution >= 4 is 16.9 Å². The van der Waals surface area contributed by atoms with Crippen LogP contribution in [0.4, 0.5) is 0 Å². The van der Waals surface area contributed by atoms with Gasteiger partial charge in [0.1, 0.15) is 11.3 Å². The summed E-state index contributed by atoms with van der Waals surface area (Å²) in [5.74, 6) is 0.987. The van der Waals surface area contributed by atoms with Gasteiger partial charge in [0.15, 0.2) is 0 Å². The Morgan fingerprint density at radius 2 is 1.85 bits per heavy atom. The number of carbonyl (C=O) groups is 1. The predicted molar refractivity (Wildman–Crippen MR) is 103 cm³/mol. The zero-order chi connectivity index (χ0) is 19.0. The maximum atomic E-state index is 12.8. The maximum absolute atomic E-state index is 12.8. The first-order valence-electron chi connectivity index (χ1n) is 10.2. The molecule has 1 saturated carbocycles. The molecular formula is C22H28NO4+. The van der Waals surface area contributed by atoms with E-state index in [-0.39, 0.29) is 17.5 Å². The van der Waals surface area contributed by atoms with Crippen LogP contribution in [-0.4, -0.2) is 12.5 Å². The smallest absolute Gasteiger partial charge is 0.339 e. The Hall–Kier alpha value is -2.14. The Kier molecular flexibility index (Phi) is 5.04. The van der Waals surface area contributed by atoms with E-state index in [0.717, 1.165) is 80.0 Å². The first-order chi connectivity index (χ1) is 13.1. The third-order valence-electron chi connectivity index (χ3n) is 6.23. The second kappa shape index (κ2) is 7.47. The Balaban J connectivity index is 1.69. The lowest BCUT2D eigenvalue weighted by atomic mass is 9.82. The molecule has 3 N–H and O–H groups in total. The molecule has 0 radical (unpaired) electrons. The van der Waals surface area contributed by atoms with E-state index in [4.69, 9.17) is 9.15 Å².